The van der Waals surface area contributed by atoms with Crippen molar-refractivity contribution in [3.8, 4) is 0 Å². The van der Waals surface area contributed by atoms with Crippen LogP contribution in [0.15, 0.2) is 57.5 Å². The van der Waals surface area contributed by atoms with Crippen LogP contribution in [0, 0.1) is 0 Å². The number of nitrogens with zero attached hydrogens (tertiary/aromatic N) is 3. The van der Waals surface area contributed by atoms with E-state index in [1.54, 1.807) is 34.5 Å². The van der Waals surface area contributed by atoms with Gasteiger partial charge in [0.25, 0.3) is 11.8 Å². The summed E-state index contributed by atoms with van der Waals surface area (Å²) < 4.78 is 2.18. The van der Waals surface area contributed by atoms with Crippen LogP contribution in [0.1, 0.15) is 23.3 Å². The van der Waals surface area contributed by atoms with Gasteiger partial charge in [-0.1, -0.05) is 18.2 Å². The zero-order valence-corrected chi connectivity index (χ0v) is 19.9. The highest BCUT2D eigenvalue weighted by Gasteiger charge is 2.12. The number of aromatic nitrogens is 3. The number of carbonyl (C=O) groups excluding carboxylic acids is 3. The van der Waals surface area contributed by atoms with Crippen LogP contribution in [0.3, 0.4) is 0 Å². The van der Waals surface area contributed by atoms with Crippen molar-refractivity contribution in [1.82, 2.24) is 25.4 Å². The van der Waals surface area contributed by atoms with Crippen LogP contribution in [-0.2, 0) is 16.1 Å². The molecule has 0 radical (unpaired) electrons. The van der Waals surface area contributed by atoms with Gasteiger partial charge in [-0.3, -0.25) is 19.1 Å². The van der Waals surface area contributed by atoms with Gasteiger partial charge in [0.1, 0.15) is 12.2 Å². The highest BCUT2D eigenvalue weighted by molar-refractivity contribution is 9.11. The van der Waals surface area contributed by atoms with E-state index >= 15 is 0 Å². The highest BCUT2D eigenvalue weighted by Crippen LogP contribution is 2.20. The molecule has 1 aliphatic rings. The molecule has 3 aromatic rings. The van der Waals surface area contributed by atoms with Crippen LogP contribution in [0.4, 0.5) is 5.69 Å². The second-order valence-electron chi connectivity index (χ2n) is 7.29. The van der Waals surface area contributed by atoms with E-state index in [0.29, 0.717) is 39.5 Å². The van der Waals surface area contributed by atoms with Gasteiger partial charge < -0.3 is 16.0 Å². The molecule has 11 heteroatoms. The zero-order chi connectivity index (χ0) is 23.2. The Hall–Kier alpha value is -3.31. The third-order valence-corrected chi connectivity index (χ3v) is 6.18. The van der Waals surface area contributed by atoms with Gasteiger partial charge in [0.15, 0.2) is 3.92 Å². The third-order valence-electron chi connectivity index (χ3n) is 4.81. The van der Waals surface area contributed by atoms with Gasteiger partial charge in [-0.05, 0) is 47.0 Å². The summed E-state index contributed by atoms with van der Waals surface area (Å²) in [7, 11) is 0. The Morgan fingerprint density at radius 1 is 1.12 bits per heavy atom. The molecule has 2 aromatic heterocycles. The first-order chi connectivity index (χ1) is 16.0. The summed E-state index contributed by atoms with van der Waals surface area (Å²) in [6.07, 6.45) is 9.26. The van der Waals surface area contributed by atoms with Gasteiger partial charge in [0.2, 0.25) is 5.91 Å². The molecule has 0 aliphatic heterocycles. The predicted molar refractivity (Wildman–Crippen MR) is 130 cm³/mol. The van der Waals surface area contributed by atoms with Crippen molar-refractivity contribution in [3.05, 3.63) is 63.2 Å². The number of hydrogen-bond acceptors (Lipinski definition) is 6. The molecule has 9 nitrogen and oxygen atoms in total. The maximum Gasteiger partial charge on any atom is 0.275 e. The number of fused-ring (bicyclic) bond motifs is 1. The lowest BCUT2D eigenvalue weighted by atomic mass is 10.1. The van der Waals surface area contributed by atoms with E-state index in [9.17, 15) is 14.4 Å². The number of hydrogen-bond donors (Lipinski definition) is 3. The molecule has 0 saturated heterocycles. The van der Waals surface area contributed by atoms with Gasteiger partial charge in [-0.2, -0.15) is 5.10 Å². The number of rotatable bonds is 8. The molecule has 1 aliphatic carbocycles. The third kappa shape index (κ3) is 6.14. The fourth-order valence-corrected chi connectivity index (χ4v) is 4.24. The maximum absolute atomic E-state index is 12.3. The molecular formula is C22H21BrN6O3S. The SMILES string of the molecule is O=C(Cn1cc2cc(NC(=O)c3csc(Br)n3)ccc2n1)NCCNC(=O)C1=CCCC=C1. The number of amides is 3. The molecule has 3 amide bonds. The Balaban J connectivity index is 1.26. The number of halogens is 1. The van der Waals surface area contributed by atoms with Gasteiger partial charge in [-0.15, -0.1) is 11.3 Å². The summed E-state index contributed by atoms with van der Waals surface area (Å²) in [5.74, 6) is -0.647. The molecule has 0 fully saturated rings. The zero-order valence-electron chi connectivity index (χ0n) is 17.5. The van der Waals surface area contributed by atoms with E-state index < -0.39 is 0 Å². The minimum absolute atomic E-state index is 0.0467. The summed E-state index contributed by atoms with van der Waals surface area (Å²) >= 11 is 4.58. The van der Waals surface area contributed by atoms with Crippen molar-refractivity contribution in [2.45, 2.75) is 19.4 Å². The van der Waals surface area contributed by atoms with Crippen molar-refractivity contribution in [2.24, 2.45) is 0 Å². The second kappa shape index (κ2) is 10.5. The van der Waals surface area contributed by atoms with Gasteiger partial charge in [0.05, 0.1) is 5.52 Å². The molecule has 0 spiro atoms. The fraction of sp³-hybridized carbons (Fsp3) is 0.227. The Labute approximate surface area is 202 Å². The van der Waals surface area contributed by atoms with Crippen LogP contribution < -0.4 is 16.0 Å². The van der Waals surface area contributed by atoms with Crippen molar-refractivity contribution in [1.29, 1.82) is 0 Å². The topological polar surface area (TPSA) is 118 Å². The summed E-state index contributed by atoms with van der Waals surface area (Å²) in [6.45, 7) is 0.714. The molecule has 0 saturated carbocycles. The first-order valence-corrected chi connectivity index (χ1v) is 12.0. The quantitative estimate of drug-likeness (QED) is 0.388. The number of carbonyl (C=O) groups is 3. The maximum atomic E-state index is 12.3. The minimum Gasteiger partial charge on any atom is -0.353 e. The second-order valence-corrected chi connectivity index (χ2v) is 9.42. The fourth-order valence-electron chi connectivity index (χ4n) is 3.25. The minimum atomic E-state index is -0.300. The van der Waals surface area contributed by atoms with Crippen LogP contribution in [-0.4, -0.2) is 45.6 Å². The molecule has 1 aromatic carbocycles. The van der Waals surface area contributed by atoms with Crippen molar-refractivity contribution in [2.75, 3.05) is 18.4 Å². The van der Waals surface area contributed by atoms with Crippen LogP contribution in [0.2, 0.25) is 0 Å². The number of thiazole rings is 1. The molecule has 170 valence electrons. The number of benzene rings is 1. The van der Waals surface area contributed by atoms with Crippen molar-refractivity contribution in [3.63, 3.8) is 0 Å². The van der Waals surface area contributed by atoms with Gasteiger partial charge in [-0.25, -0.2) is 4.98 Å². The first-order valence-electron chi connectivity index (χ1n) is 10.3. The summed E-state index contributed by atoms with van der Waals surface area (Å²) in [5.41, 5.74) is 2.31. The predicted octanol–water partition coefficient (Wildman–Crippen LogP) is 3.02. The number of anilines is 1. The number of allylic oxidation sites excluding steroid dienone is 2. The summed E-state index contributed by atoms with van der Waals surface area (Å²) in [4.78, 5) is 40.6. The molecule has 4 rings (SSSR count). The summed E-state index contributed by atoms with van der Waals surface area (Å²) in [5, 5.41) is 15.2. The molecule has 3 N–H and O–H groups in total. The molecule has 2 heterocycles. The van der Waals surface area contributed by atoms with Crippen molar-refractivity contribution < 1.29 is 14.4 Å². The van der Waals surface area contributed by atoms with E-state index in [2.05, 4.69) is 42.0 Å². The lowest BCUT2D eigenvalue weighted by Crippen LogP contribution is -2.36. The standard InChI is InChI=1S/C22H21BrN6O3S/c23-22-27-18(13-33-22)21(32)26-16-6-7-17-15(10-16)11-29(28-17)12-19(30)24-8-9-25-20(31)14-4-2-1-3-5-14/h2,4-7,10-11,13H,1,3,8-9,12H2,(H,24,30)(H,25,31)(H,26,32). The van der Waals surface area contributed by atoms with Gasteiger partial charge in [0, 0.05) is 41.3 Å². The van der Waals surface area contributed by atoms with E-state index in [0.717, 1.165) is 18.2 Å². The summed E-state index contributed by atoms with van der Waals surface area (Å²) in [6, 6.07) is 5.32. The molecule has 0 unspecified atom stereocenters. The van der Waals surface area contributed by atoms with E-state index in [4.69, 9.17) is 0 Å². The lowest BCUT2D eigenvalue weighted by Gasteiger charge is -2.09. The van der Waals surface area contributed by atoms with Crippen LogP contribution >= 0.6 is 27.3 Å². The lowest BCUT2D eigenvalue weighted by molar-refractivity contribution is -0.122. The molecular weight excluding hydrogens is 508 g/mol. The average Bonchev–Trinajstić information content (AvgIpc) is 3.42. The number of nitrogens with one attached hydrogen (secondary N) is 3. The molecule has 0 bridgehead atoms. The highest BCUT2D eigenvalue weighted by atomic mass is 79.9. The van der Waals surface area contributed by atoms with E-state index in [1.807, 2.05) is 18.2 Å². The average molecular weight is 529 g/mol. The molecule has 0 atom stereocenters. The van der Waals surface area contributed by atoms with Gasteiger partial charge >= 0.3 is 0 Å². The first kappa shape index (κ1) is 22.9. The van der Waals surface area contributed by atoms with Crippen LogP contribution in [0.25, 0.3) is 10.9 Å². The van der Waals surface area contributed by atoms with Crippen LogP contribution in [0.5, 0.6) is 0 Å². The smallest absolute Gasteiger partial charge is 0.275 e. The Bertz CT molecular complexity index is 1260. The van der Waals surface area contributed by atoms with Crippen molar-refractivity contribution >= 4 is 61.6 Å². The van der Waals surface area contributed by atoms with E-state index in [1.165, 1.54) is 11.3 Å². The Morgan fingerprint density at radius 2 is 1.97 bits per heavy atom. The Morgan fingerprint density at radius 3 is 2.73 bits per heavy atom. The normalized spacial score (nSPS) is 12.9. The molecule has 33 heavy (non-hydrogen) atoms. The largest absolute Gasteiger partial charge is 0.353 e. The monoisotopic (exact) mass is 528 g/mol. The Kier molecular flexibility index (Phi) is 7.30. The van der Waals surface area contributed by atoms with E-state index in [-0.39, 0.29) is 24.3 Å².